The molecule has 0 aliphatic heterocycles. The van der Waals surface area contributed by atoms with Crippen LogP contribution in [-0.4, -0.2) is 34.5 Å². The first-order valence-corrected chi connectivity index (χ1v) is 10.8. The van der Waals surface area contributed by atoms with E-state index in [0.29, 0.717) is 17.1 Å². The maximum atomic E-state index is 14.0. The highest BCUT2D eigenvalue weighted by Gasteiger charge is 2.22. The van der Waals surface area contributed by atoms with Crippen LogP contribution in [0.1, 0.15) is 21.7 Å². The molecule has 2 aromatic carbocycles. The molecule has 0 saturated heterocycles. The van der Waals surface area contributed by atoms with Crippen molar-refractivity contribution in [1.82, 2.24) is 14.7 Å². The lowest BCUT2D eigenvalue weighted by molar-refractivity contribution is 0.0917. The van der Waals surface area contributed by atoms with Crippen molar-refractivity contribution >= 4 is 11.6 Å². The summed E-state index contributed by atoms with van der Waals surface area (Å²) in [5, 5.41) is 2.81. The summed E-state index contributed by atoms with van der Waals surface area (Å²) >= 11 is 0. The molecule has 0 saturated carbocycles. The second-order valence-corrected chi connectivity index (χ2v) is 7.77. The maximum Gasteiger partial charge on any atom is 0.270 e. The van der Waals surface area contributed by atoms with Crippen LogP contribution in [0.5, 0.6) is 11.5 Å². The average molecular weight is 484 g/mol. The predicted molar refractivity (Wildman–Crippen MR) is 123 cm³/mol. The van der Waals surface area contributed by atoms with Gasteiger partial charge in [0.25, 0.3) is 5.91 Å². The van der Waals surface area contributed by atoms with E-state index in [2.05, 4.69) is 10.3 Å². The third-order valence-corrected chi connectivity index (χ3v) is 5.32. The standard InChI is InChI=1S/C25H23F3N4O3/c1-15-23(25(33)31-17(12-29)13-34-18-9-7-16(26)8-10-18)32-11-3-6-22(24(32)30-15)35-14-19-20(27)4-2-5-21(19)28/h2-11,17H,12-14,29H2,1H3,(H,31,33). The number of aromatic nitrogens is 2. The van der Waals surface area contributed by atoms with E-state index in [4.69, 9.17) is 15.2 Å². The summed E-state index contributed by atoms with van der Waals surface area (Å²) in [6, 6.07) is 11.8. The van der Waals surface area contributed by atoms with Gasteiger partial charge in [-0.1, -0.05) is 6.07 Å². The van der Waals surface area contributed by atoms with Crippen molar-refractivity contribution in [3.8, 4) is 11.5 Å². The Morgan fingerprint density at radius 2 is 1.77 bits per heavy atom. The molecule has 4 rings (SSSR count). The topological polar surface area (TPSA) is 90.9 Å². The van der Waals surface area contributed by atoms with E-state index in [-0.39, 0.29) is 42.6 Å². The Morgan fingerprint density at radius 3 is 2.46 bits per heavy atom. The number of rotatable bonds is 9. The lowest BCUT2D eigenvalue weighted by Crippen LogP contribution is -2.44. The van der Waals surface area contributed by atoms with E-state index in [1.165, 1.54) is 34.7 Å². The van der Waals surface area contributed by atoms with Crippen LogP contribution >= 0.6 is 0 Å². The molecule has 4 aromatic rings. The predicted octanol–water partition coefficient (Wildman–Crippen LogP) is 3.78. The lowest BCUT2D eigenvalue weighted by atomic mass is 10.2. The summed E-state index contributed by atoms with van der Waals surface area (Å²) in [5.74, 6) is -1.55. The van der Waals surface area contributed by atoms with Gasteiger partial charge in [-0.15, -0.1) is 0 Å². The summed E-state index contributed by atoms with van der Waals surface area (Å²) in [7, 11) is 0. The zero-order valence-electron chi connectivity index (χ0n) is 18.8. The van der Waals surface area contributed by atoms with Crippen LogP contribution in [0.4, 0.5) is 13.2 Å². The molecule has 1 amide bonds. The average Bonchev–Trinajstić information content (AvgIpc) is 3.19. The summed E-state index contributed by atoms with van der Waals surface area (Å²) < 4.78 is 53.8. The Kier molecular flexibility index (Phi) is 7.21. The Bertz CT molecular complexity index is 1320. The number of pyridine rings is 1. The number of carbonyl (C=O) groups excluding carboxylic acids is 1. The number of benzene rings is 2. The molecule has 0 spiro atoms. The highest BCUT2D eigenvalue weighted by atomic mass is 19.1. The van der Waals surface area contributed by atoms with Gasteiger partial charge in [-0.3, -0.25) is 9.20 Å². The van der Waals surface area contributed by atoms with Crippen LogP contribution in [-0.2, 0) is 6.61 Å². The van der Waals surface area contributed by atoms with E-state index in [0.717, 1.165) is 12.1 Å². The Morgan fingerprint density at radius 1 is 1.06 bits per heavy atom. The minimum Gasteiger partial charge on any atom is -0.491 e. The van der Waals surface area contributed by atoms with E-state index < -0.39 is 23.6 Å². The third-order valence-electron chi connectivity index (χ3n) is 5.32. The van der Waals surface area contributed by atoms with Crippen molar-refractivity contribution in [2.24, 2.45) is 5.73 Å². The maximum absolute atomic E-state index is 14.0. The first-order chi connectivity index (χ1) is 16.9. The van der Waals surface area contributed by atoms with Crippen LogP contribution in [0.25, 0.3) is 5.65 Å². The molecule has 2 aromatic heterocycles. The van der Waals surface area contributed by atoms with Crippen LogP contribution in [0, 0.1) is 24.4 Å². The molecule has 0 bridgehead atoms. The van der Waals surface area contributed by atoms with Gasteiger partial charge < -0.3 is 20.5 Å². The summed E-state index contributed by atoms with van der Waals surface area (Å²) in [4.78, 5) is 17.5. The van der Waals surface area contributed by atoms with E-state index in [1.807, 2.05) is 0 Å². The van der Waals surface area contributed by atoms with Crippen molar-refractivity contribution < 1.29 is 27.4 Å². The fraction of sp³-hybridized carbons (Fsp3) is 0.200. The monoisotopic (exact) mass is 484 g/mol. The van der Waals surface area contributed by atoms with Crippen molar-refractivity contribution in [3.63, 3.8) is 0 Å². The molecule has 0 aliphatic carbocycles. The summed E-state index contributed by atoms with van der Waals surface area (Å²) in [5.41, 5.74) is 6.59. The molecule has 1 unspecified atom stereocenters. The molecular formula is C25H23F3N4O3. The Hall–Kier alpha value is -4.05. The van der Waals surface area contributed by atoms with Crippen molar-refractivity contribution in [2.45, 2.75) is 19.6 Å². The zero-order valence-corrected chi connectivity index (χ0v) is 18.8. The van der Waals surface area contributed by atoms with Gasteiger partial charge in [0, 0.05) is 12.7 Å². The van der Waals surface area contributed by atoms with Crippen molar-refractivity contribution in [3.05, 3.63) is 95.2 Å². The van der Waals surface area contributed by atoms with Crippen LogP contribution < -0.4 is 20.5 Å². The number of nitrogens with two attached hydrogens (primary N) is 1. The number of nitrogens with one attached hydrogen (secondary N) is 1. The first kappa shape index (κ1) is 24.1. The molecular weight excluding hydrogens is 461 g/mol. The number of hydrogen-bond donors (Lipinski definition) is 2. The summed E-state index contributed by atoms with van der Waals surface area (Å²) in [6.45, 7) is 1.49. The largest absolute Gasteiger partial charge is 0.491 e. The minimum atomic E-state index is -0.716. The molecule has 0 fully saturated rings. The van der Waals surface area contributed by atoms with Crippen molar-refractivity contribution in [2.75, 3.05) is 13.2 Å². The number of imidazole rings is 1. The van der Waals surface area contributed by atoms with E-state index in [9.17, 15) is 18.0 Å². The number of amides is 1. The Balaban J connectivity index is 1.50. The van der Waals surface area contributed by atoms with Crippen LogP contribution in [0.15, 0.2) is 60.8 Å². The molecule has 35 heavy (non-hydrogen) atoms. The van der Waals surface area contributed by atoms with Gasteiger partial charge in [0.05, 0.1) is 17.3 Å². The number of hydrogen-bond acceptors (Lipinski definition) is 5. The van der Waals surface area contributed by atoms with Gasteiger partial charge in [0.1, 0.15) is 42.1 Å². The van der Waals surface area contributed by atoms with Gasteiger partial charge in [0.15, 0.2) is 11.4 Å². The smallest absolute Gasteiger partial charge is 0.270 e. The van der Waals surface area contributed by atoms with Gasteiger partial charge in [-0.2, -0.15) is 0 Å². The van der Waals surface area contributed by atoms with Crippen LogP contribution in [0.2, 0.25) is 0 Å². The first-order valence-electron chi connectivity index (χ1n) is 10.8. The molecule has 2 heterocycles. The molecule has 0 aliphatic rings. The van der Waals surface area contributed by atoms with E-state index >= 15 is 0 Å². The fourth-order valence-electron chi connectivity index (χ4n) is 3.51. The van der Waals surface area contributed by atoms with Gasteiger partial charge in [-0.25, -0.2) is 18.2 Å². The normalized spacial score (nSPS) is 11.9. The van der Waals surface area contributed by atoms with Gasteiger partial charge in [0.2, 0.25) is 0 Å². The van der Waals surface area contributed by atoms with Crippen molar-refractivity contribution in [1.29, 1.82) is 0 Å². The zero-order chi connectivity index (χ0) is 24.9. The third kappa shape index (κ3) is 5.38. The number of aryl methyl sites for hydroxylation is 1. The highest BCUT2D eigenvalue weighted by molar-refractivity contribution is 5.95. The molecule has 182 valence electrons. The number of ether oxygens (including phenoxy) is 2. The molecule has 0 radical (unpaired) electrons. The van der Waals surface area contributed by atoms with Gasteiger partial charge >= 0.3 is 0 Å². The number of halogens is 3. The minimum absolute atomic E-state index is 0.0756. The molecule has 3 N–H and O–H groups in total. The number of carbonyl (C=O) groups is 1. The quantitative estimate of drug-likeness (QED) is 0.378. The molecule has 10 heteroatoms. The number of fused-ring (bicyclic) bond motifs is 1. The number of nitrogens with zero attached hydrogens (tertiary/aromatic N) is 2. The lowest BCUT2D eigenvalue weighted by Gasteiger charge is -2.18. The van der Waals surface area contributed by atoms with Crippen LogP contribution in [0.3, 0.4) is 0 Å². The second kappa shape index (κ2) is 10.5. The highest BCUT2D eigenvalue weighted by Crippen LogP contribution is 2.24. The Labute approximate surface area is 199 Å². The second-order valence-electron chi connectivity index (χ2n) is 7.77. The van der Waals surface area contributed by atoms with E-state index in [1.54, 1.807) is 25.3 Å². The van der Waals surface area contributed by atoms with Gasteiger partial charge in [-0.05, 0) is 55.5 Å². The SMILES string of the molecule is Cc1nc2c(OCc3c(F)cccc3F)cccn2c1C(=O)NC(CN)COc1ccc(F)cc1. The molecule has 7 nitrogen and oxygen atoms in total. The molecule has 1 atom stereocenters. The fourth-order valence-corrected chi connectivity index (χ4v) is 3.51. The summed E-state index contributed by atoms with van der Waals surface area (Å²) in [6.07, 6.45) is 1.63.